The first kappa shape index (κ1) is 19.2. The Kier molecular flexibility index (Phi) is 5.17. The van der Waals surface area contributed by atoms with E-state index in [1.165, 1.54) is 19.9 Å². The zero-order valence-electron chi connectivity index (χ0n) is 15.2. The largest absolute Gasteiger partial charge is 0.478 e. The van der Waals surface area contributed by atoms with Crippen molar-refractivity contribution in [2.75, 3.05) is 0 Å². The van der Waals surface area contributed by atoms with Gasteiger partial charge in [0.05, 0.1) is 0 Å². The molecule has 0 saturated carbocycles. The Morgan fingerprint density at radius 1 is 1.00 bits per heavy atom. The van der Waals surface area contributed by atoms with Crippen LogP contribution in [0.2, 0.25) is 0 Å². The van der Waals surface area contributed by atoms with Gasteiger partial charge < -0.3 is 19.3 Å². The molecule has 0 aromatic heterocycles. The van der Waals surface area contributed by atoms with Crippen molar-refractivity contribution in [3.05, 3.63) is 71.3 Å². The zero-order chi connectivity index (χ0) is 20.3. The van der Waals surface area contributed by atoms with Gasteiger partial charge >= 0.3 is 17.9 Å². The van der Waals surface area contributed by atoms with Crippen LogP contribution in [0.25, 0.3) is 6.08 Å². The maximum absolute atomic E-state index is 12.0. The van der Waals surface area contributed by atoms with Crippen LogP contribution in [0.5, 0.6) is 5.75 Å². The van der Waals surface area contributed by atoms with Crippen LogP contribution in [-0.2, 0) is 23.9 Å². The minimum absolute atomic E-state index is 0.222. The fourth-order valence-corrected chi connectivity index (χ4v) is 2.61. The lowest BCUT2D eigenvalue weighted by Gasteiger charge is -2.29. The molecule has 28 heavy (non-hydrogen) atoms. The topological polar surface area (TPSA) is 99.1 Å². The van der Waals surface area contributed by atoms with E-state index >= 15 is 0 Å². The van der Waals surface area contributed by atoms with Crippen molar-refractivity contribution in [3.8, 4) is 5.75 Å². The van der Waals surface area contributed by atoms with Crippen LogP contribution in [0.1, 0.15) is 31.1 Å². The summed E-state index contributed by atoms with van der Waals surface area (Å²) in [6.07, 6.45) is 0.186. The molecule has 2 aromatic rings. The first-order valence-electron chi connectivity index (χ1n) is 8.48. The third kappa shape index (κ3) is 4.37. The van der Waals surface area contributed by atoms with E-state index in [0.717, 1.165) is 0 Å². The molecule has 1 aliphatic heterocycles. The lowest BCUT2D eigenvalue weighted by Crippen LogP contribution is -2.41. The number of carboxylic acid groups (broad SMARTS) is 1. The van der Waals surface area contributed by atoms with Crippen LogP contribution >= 0.6 is 0 Å². The van der Waals surface area contributed by atoms with Crippen molar-refractivity contribution in [1.29, 1.82) is 0 Å². The lowest BCUT2D eigenvalue weighted by molar-refractivity contribution is -0.222. The summed E-state index contributed by atoms with van der Waals surface area (Å²) in [6, 6.07) is 14.9. The Hall–Kier alpha value is -3.61. The summed E-state index contributed by atoms with van der Waals surface area (Å²) < 4.78 is 15.7. The Bertz CT molecular complexity index is 905. The molecule has 1 fully saturated rings. The molecule has 7 heteroatoms. The summed E-state index contributed by atoms with van der Waals surface area (Å²) in [6.45, 7) is 2.94. The van der Waals surface area contributed by atoms with E-state index in [9.17, 15) is 19.5 Å². The van der Waals surface area contributed by atoms with Crippen LogP contribution < -0.4 is 4.74 Å². The van der Waals surface area contributed by atoms with E-state index in [1.54, 1.807) is 54.6 Å². The number of ether oxygens (including phenoxy) is 3. The van der Waals surface area contributed by atoms with Crippen LogP contribution in [0.15, 0.2) is 60.2 Å². The molecular formula is C21H18O7. The average molecular weight is 382 g/mol. The molecule has 144 valence electrons. The van der Waals surface area contributed by atoms with E-state index in [4.69, 9.17) is 14.2 Å². The molecule has 0 aliphatic carbocycles. The van der Waals surface area contributed by atoms with Crippen LogP contribution in [-0.4, -0.2) is 28.8 Å². The second-order valence-electron chi connectivity index (χ2n) is 6.55. The van der Waals surface area contributed by atoms with Gasteiger partial charge in [0, 0.05) is 19.4 Å². The van der Waals surface area contributed by atoms with Crippen molar-refractivity contribution >= 4 is 24.0 Å². The first-order chi connectivity index (χ1) is 13.2. The quantitative estimate of drug-likeness (QED) is 0.482. The molecule has 1 N–H and O–H groups in total. The van der Waals surface area contributed by atoms with Gasteiger partial charge in [0.15, 0.2) is 0 Å². The summed E-state index contributed by atoms with van der Waals surface area (Å²) in [5, 5.41) is 9.42. The number of cyclic esters (lactones) is 2. The van der Waals surface area contributed by atoms with Crippen molar-refractivity contribution in [3.63, 3.8) is 0 Å². The maximum Gasteiger partial charge on any atom is 0.349 e. The number of benzene rings is 2. The van der Waals surface area contributed by atoms with Gasteiger partial charge in [0.25, 0.3) is 5.79 Å². The normalized spacial score (nSPS) is 16.6. The molecular weight excluding hydrogens is 364 g/mol. The summed E-state index contributed by atoms with van der Waals surface area (Å²) in [4.78, 5) is 35.5. The molecule has 7 nitrogen and oxygen atoms in total. The number of carbonyl (C=O) groups is 3. The third-order valence-electron chi connectivity index (χ3n) is 3.89. The van der Waals surface area contributed by atoms with Crippen LogP contribution in [0.3, 0.4) is 0 Å². The maximum atomic E-state index is 12.0. The minimum atomic E-state index is -1.30. The molecule has 0 amide bonds. The molecule has 1 heterocycles. The van der Waals surface area contributed by atoms with E-state index < -0.39 is 29.8 Å². The van der Waals surface area contributed by atoms with Crippen molar-refractivity contribution in [1.82, 2.24) is 0 Å². The molecule has 0 spiro atoms. The number of carbonyl (C=O) groups excluding carboxylic acids is 2. The highest BCUT2D eigenvalue weighted by atomic mass is 16.7. The number of aliphatic carboxylic acids is 1. The number of hydrogen-bond donors (Lipinski definition) is 1. The highest BCUT2D eigenvalue weighted by molar-refractivity contribution is 6.18. The number of rotatable bonds is 5. The number of esters is 2. The fraction of sp³-hybridized carbons (Fsp3) is 0.190. The average Bonchev–Trinajstić information content (AvgIpc) is 2.63. The van der Waals surface area contributed by atoms with Crippen molar-refractivity contribution in [2.24, 2.45) is 0 Å². The Morgan fingerprint density at radius 2 is 1.57 bits per heavy atom. The van der Waals surface area contributed by atoms with E-state index in [0.29, 0.717) is 16.9 Å². The Balaban J connectivity index is 1.77. The first-order valence-corrected chi connectivity index (χ1v) is 8.48. The monoisotopic (exact) mass is 382 g/mol. The summed E-state index contributed by atoms with van der Waals surface area (Å²) in [7, 11) is 0. The van der Waals surface area contributed by atoms with Gasteiger partial charge in [-0.3, -0.25) is 0 Å². The molecule has 2 aromatic carbocycles. The van der Waals surface area contributed by atoms with Gasteiger partial charge in [0.2, 0.25) is 6.10 Å². The summed E-state index contributed by atoms with van der Waals surface area (Å²) >= 11 is 0. The smallest absolute Gasteiger partial charge is 0.349 e. The van der Waals surface area contributed by atoms with Gasteiger partial charge in [-0.25, -0.2) is 14.4 Å². The van der Waals surface area contributed by atoms with Gasteiger partial charge in [-0.05, 0) is 23.8 Å². The van der Waals surface area contributed by atoms with E-state index in [2.05, 4.69) is 0 Å². The summed E-state index contributed by atoms with van der Waals surface area (Å²) in [5.74, 6) is -3.62. The van der Waals surface area contributed by atoms with E-state index in [-0.39, 0.29) is 5.57 Å². The number of carboxylic acids is 1. The second-order valence-corrected chi connectivity index (χ2v) is 6.55. The van der Waals surface area contributed by atoms with E-state index in [1.807, 2.05) is 0 Å². The predicted octanol–water partition coefficient (Wildman–Crippen LogP) is 3.11. The molecule has 0 bridgehead atoms. The molecule has 1 unspecified atom stereocenters. The van der Waals surface area contributed by atoms with Crippen LogP contribution in [0, 0.1) is 0 Å². The zero-order valence-corrected chi connectivity index (χ0v) is 15.2. The molecule has 1 saturated heterocycles. The van der Waals surface area contributed by atoms with Gasteiger partial charge in [-0.2, -0.15) is 0 Å². The highest BCUT2D eigenvalue weighted by Gasteiger charge is 2.38. The lowest BCUT2D eigenvalue weighted by atomic mass is 10.1. The number of hydrogen-bond acceptors (Lipinski definition) is 6. The van der Waals surface area contributed by atoms with Gasteiger partial charge in [-0.15, -0.1) is 0 Å². The predicted molar refractivity (Wildman–Crippen MR) is 98.1 cm³/mol. The molecule has 1 atom stereocenters. The fourth-order valence-electron chi connectivity index (χ4n) is 2.61. The molecule has 0 radical (unpaired) electrons. The highest BCUT2D eigenvalue weighted by Crippen LogP contribution is 2.26. The molecule has 3 rings (SSSR count). The minimum Gasteiger partial charge on any atom is -0.478 e. The Morgan fingerprint density at radius 3 is 2.11 bits per heavy atom. The van der Waals surface area contributed by atoms with Crippen molar-refractivity contribution < 1.29 is 33.7 Å². The standard InChI is InChI=1S/C21H18O7/c1-21(2)27-19(24)16(20(25)28-21)12-13-8-10-15(11-9-13)26-17(18(22)23)14-6-4-3-5-7-14/h3-12,17H,1-2H3,(H,22,23). The van der Waals surface area contributed by atoms with Gasteiger partial charge in [-0.1, -0.05) is 42.5 Å². The SMILES string of the molecule is CC1(C)OC(=O)C(=Cc2ccc(OC(C(=O)O)c3ccccc3)cc2)C(=O)O1. The van der Waals surface area contributed by atoms with Crippen molar-refractivity contribution in [2.45, 2.75) is 25.7 Å². The van der Waals surface area contributed by atoms with Gasteiger partial charge in [0.1, 0.15) is 11.3 Å². The molecule has 1 aliphatic rings. The second kappa shape index (κ2) is 7.56. The Labute approximate surface area is 161 Å². The third-order valence-corrected chi connectivity index (χ3v) is 3.89. The van der Waals surface area contributed by atoms with Crippen LogP contribution in [0.4, 0.5) is 0 Å². The summed E-state index contributed by atoms with van der Waals surface area (Å²) in [5.41, 5.74) is 0.819.